The van der Waals surface area contributed by atoms with Crippen molar-refractivity contribution in [2.75, 3.05) is 25.0 Å². The minimum absolute atomic E-state index is 0.191. The summed E-state index contributed by atoms with van der Waals surface area (Å²) < 4.78 is 27.7. The number of carbonyl (C=O) groups is 1. The lowest BCUT2D eigenvalue weighted by Gasteiger charge is -2.31. The Bertz CT molecular complexity index is 877. The number of hydrogen-bond donors (Lipinski definition) is 2. The molecule has 0 aliphatic carbocycles. The van der Waals surface area contributed by atoms with Gasteiger partial charge in [-0.25, -0.2) is 13.1 Å². The molecule has 1 aromatic heterocycles. The number of carbonyl (C=O) groups excluding carboxylic acids is 1. The van der Waals surface area contributed by atoms with Crippen LogP contribution in [0.2, 0.25) is 0 Å². The summed E-state index contributed by atoms with van der Waals surface area (Å²) in [5, 5.41) is 2.63. The van der Waals surface area contributed by atoms with E-state index in [4.69, 9.17) is 0 Å². The second-order valence-corrected chi connectivity index (χ2v) is 8.91. The van der Waals surface area contributed by atoms with Gasteiger partial charge < -0.3 is 5.32 Å². The predicted octanol–water partition coefficient (Wildman–Crippen LogP) is 2.23. The molecule has 0 spiro atoms. The molecular weight excluding hydrogens is 376 g/mol. The highest BCUT2D eigenvalue weighted by atomic mass is 32.2. The number of benzene rings is 1. The van der Waals surface area contributed by atoms with Crippen molar-refractivity contribution in [1.82, 2.24) is 14.6 Å². The van der Waals surface area contributed by atoms with Crippen LogP contribution >= 0.6 is 0 Å². The number of likely N-dealkylation sites (tertiary alicyclic amines) is 1. The van der Waals surface area contributed by atoms with Gasteiger partial charge in [-0.05, 0) is 67.7 Å². The summed E-state index contributed by atoms with van der Waals surface area (Å²) in [4.78, 5) is 17.8. The predicted molar refractivity (Wildman–Crippen MR) is 108 cm³/mol. The molecule has 0 bridgehead atoms. The first-order chi connectivity index (χ1) is 13.4. The molecule has 2 N–H and O–H groups in total. The topological polar surface area (TPSA) is 91.4 Å². The van der Waals surface area contributed by atoms with Gasteiger partial charge in [0, 0.05) is 38.1 Å². The lowest BCUT2D eigenvalue weighted by atomic mass is 9.97. The first kappa shape index (κ1) is 20.4. The van der Waals surface area contributed by atoms with Crippen LogP contribution < -0.4 is 10.0 Å². The Balaban J connectivity index is 1.47. The maximum atomic E-state index is 12.5. The molecule has 1 aliphatic heterocycles. The number of piperidine rings is 1. The Kier molecular flexibility index (Phi) is 6.77. The molecule has 0 radical (unpaired) electrons. The third kappa shape index (κ3) is 5.85. The third-order valence-electron chi connectivity index (χ3n) is 4.88. The van der Waals surface area contributed by atoms with E-state index in [-0.39, 0.29) is 10.8 Å². The van der Waals surface area contributed by atoms with Crippen LogP contribution in [-0.4, -0.2) is 43.8 Å². The first-order valence-corrected chi connectivity index (χ1v) is 10.9. The van der Waals surface area contributed by atoms with Crippen LogP contribution in [0, 0.1) is 5.92 Å². The molecule has 7 nitrogen and oxygen atoms in total. The molecule has 1 saturated heterocycles. The van der Waals surface area contributed by atoms with Crippen LogP contribution in [0.3, 0.4) is 0 Å². The van der Waals surface area contributed by atoms with E-state index in [0.717, 1.165) is 32.5 Å². The molecule has 3 rings (SSSR count). The van der Waals surface area contributed by atoms with Gasteiger partial charge in [-0.1, -0.05) is 6.07 Å². The van der Waals surface area contributed by atoms with Gasteiger partial charge in [0.1, 0.15) is 0 Å². The molecule has 0 unspecified atom stereocenters. The van der Waals surface area contributed by atoms with Crippen LogP contribution in [0.1, 0.15) is 25.3 Å². The number of sulfonamides is 1. The van der Waals surface area contributed by atoms with Crippen LogP contribution in [0.4, 0.5) is 5.69 Å². The van der Waals surface area contributed by atoms with E-state index in [0.29, 0.717) is 18.2 Å². The van der Waals surface area contributed by atoms with Crippen molar-refractivity contribution in [3.8, 4) is 0 Å². The van der Waals surface area contributed by atoms with E-state index < -0.39 is 10.0 Å². The Hall–Kier alpha value is -2.29. The maximum Gasteiger partial charge on any atom is 0.240 e. The molecule has 0 saturated carbocycles. The standard InChI is InChI=1S/C20H26N4O3S/c1-16(25)23-19-4-6-20(7-5-19)28(26,27)22-14-17-8-11-24(12-9-17)15-18-3-2-10-21-13-18/h2-7,10,13,17,22H,8-9,11-12,14-15H2,1H3,(H,23,25). The summed E-state index contributed by atoms with van der Waals surface area (Å²) in [7, 11) is -3.55. The van der Waals surface area contributed by atoms with Crippen molar-refractivity contribution in [3.63, 3.8) is 0 Å². The van der Waals surface area contributed by atoms with Crippen molar-refractivity contribution in [3.05, 3.63) is 54.4 Å². The summed E-state index contributed by atoms with van der Waals surface area (Å²) in [6.07, 6.45) is 5.58. The second-order valence-electron chi connectivity index (χ2n) is 7.14. The number of aromatic nitrogens is 1. The second kappa shape index (κ2) is 9.27. The van der Waals surface area contributed by atoms with E-state index in [1.165, 1.54) is 24.6 Å². The molecule has 1 aliphatic rings. The van der Waals surface area contributed by atoms with Gasteiger partial charge in [0.25, 0.3) is 0 Å². The molecule has 0 atom stereocenters. The summed E-state index contributed by atoms with van der Waals surface area (Å²) in [5.74, 6) is 0.141. The molecule has 2 aromatic rings. The largest absolute Gasteiger partial charge is 0.326 e. The Morgan fingerprint density at radius 2 is 1.89 bits per heavy atom. The highest BCUT2D eigenvalue weighted by Crippen LogP contribution is 2.20. The molecule has 1 aromatic carbocycles. The zero-order valence-electron chi connectivity index (χ0n) is 16.0. The average molecular weight is 403 g/mol. The van der Waals surface area contributed by atoms with Crippen molar-refractivity contribution in [2.24, 2.45) is 5.92 Å². The summed E-state index contributed by atoms with van der Waals surface area (Å²) in [5.41, 5.74) is 1.77. The number of pyridine rings is 1. The lowest BCUT2D eigenvalue weighted by Crippen LogP contribution is -2.38. The first-order valence-electron chi connectivity index (χ1n) is 9.41. The van der Waals surface area contributed by atoms with Gasteiger partial charge in [-0.15, -0.1) is 0 Å². The Labute approximate surface area is 166 Å². The SMILES string of the molecule is CC(=O)Nc1ccc(S(=O)(=O)NCC2CCN(Cc3cccnc3)CC2)cc1. The number of rotatable bonds is 7. The van der Waals surface area contributed by atoms with E-state index in [9.17, 15) is 13.2 Å². The Morgan fingerprint density at radius 1 is 1.18 bits per heavy atom. The number of amides is 1. The zero-order chi connectivity index (χ0) is 20.0. The van der Waals surface area contributed by atoms with Crippen molar-refractivity contribution < 1.29 is 13.2 Å². The smallest absolute Gasteiger partial charge is 0.240 e. The van der Waals surface area contributed by atoms with Crippen molar-refractivity contribution >= 4 is 21.6 Å². The van der Waals surface area contributed by atoms with Gasteiger partial charge in [0.15, 0.2) is 0 Å². The van der Waals surface area contributed by atoms with Crippen molar-refractivity contribution in [2.45, 2.75) is 31.2 Å². The van der Waals surface area contributed by atoms with Gasteiger partial charge in [-0.3, -0.25) is 14.7 Å². The lowest BCUT2D eigenvalue weighted by molar-refractivity contribution is -0.114. The van der Waals surface area contributed by atoms with Crippen LogP contribution in [0.15, 0.2) is 53.7 Å². The fourth-order valence-corrected chi connectivity index (χ4v) is 4.45. The van der Waals surface area contributed by atoms with Gasteiger partial charge in [0.2, 0.25) is 15.9 Å². The average Bonchev–Trinajstić information content (AvgIpc) is 2.68. The number of nitrogens with one attached hydrogen (secondary N) is 2. The summed E-state index contributed by atoms with van der Waals surface area (Å²) in [6.45, 7) is 4.64. The Morgan fingerprint density at radius 3 is 2.50 bits per heavy atom. The van der Waals surface area contributed by atoms with E-state index >= 15 is 0 Å². The number of nitrogens with zero attached hydrogens (tertiary/aromatic N) is 2. The minimum Gasteiger partial charge on any atom is -0.326 e. The normalized spacial score (nSPS) is 16.0. The molecule has 28 heavy (non-hydrogen) atoms. The van der Waals surface area contributed by atoms with Crippen LogP contribution in [0.5, 0.6) is 0 Å². The third-order valence-corrected chi connectivity index (χ3v) is 6.32. The maximum absolute atomic E-state index is 12.5. The molecule has 8 heteroatoms. The summed E-state index contributed by atoms with van der Waals surface area (Å²) in [6, 6.07) is 10.2. The van der Waals surface area contributed by atoms with Gasteiger partial charge in [0.05, 0.1) is 4.90 Å². The molecule has 2 heterocycles. The molecule has 150 valence electrons. The fraction of sp³-hybridized carbons (Fsp3) is 0.400. The quantitative estimate of drug-likeness (QED) is 0.741. The summed E-state index contributed by atoms with van der Waals surface area (Å²) >= 11 is 0. The van der Waals surface area contributed by atoms with E-state index in [1.807, 2.05) is 12.3 Å². The van der Waals surface area contributed by atoms with Gasteiger partial charge in [-0.2, -0.15) is 0 Å². The zero-order valence-corrected chi connectivity index (χ0v) is 16.8. The molecule has 1 fully saturated rings. The minimum atomic E-state index is -3.55. The highest BCUT2D eigenvalue weighted by Gasteiger charge is 2.22. The van der Waals surface area contributed by atoms with E-state index in [2.05, 4.69) is 26.0 Å². The van der Waals surface area contributed by atoms with Crippen LogP contribution in [-0.2, 0) is 21.4 Å². The highest BCUT2D eigenvalue weighted by molar-refractivity contribution is 7.89. The molecular formula is C20H26N4O3S. The monoisotopic (exact) mass is 402 g/mol. The number of anilines is 1. The van der Waals surface area contributed by atoms with Crippen molar-refractivity contribution in [1.29, 1.82) is 0 Å². The number of hydrogen-bond acceptors (Lipinski definition) is 5. The van der Waals surface area contributed by atoms with E-state index in [1.54, 1.807) is 18.3 Å². The van der Waals surface area contributed by atoms with Crippen LogP contribution in [0.25, 0.3) is 0 Å². The van der Waals surface area contributed by atoms with Gasteiger partial charge >= 0.3 is 0 Å². The molecule has 1 amide bonds. The fourth-order valence-electron chi connectivity index (χ4n) is 3.33.